The number of hydrogen-bond donors (Lipinski definition) is 1. The largest absolute Gasteiger partial charge is 0.347 e. The number of sulfone groups is 1. The van der Waals surface area contributed by atoms with E-state index in [1.165, 1.54) is 6.92 Å². The molecule has 1 heterocycles. The molecule has 0 atom stereocenters. The van der Waals surface area contributed by atoms with Crippen molar-refractivity contribution in [2.75, 3.05) is 11.5 Å². The first-order valence-corrected chi connectivity index (χ1v) is 7.73. The fourth-order valence-electron chi connectivity index (χ4n) is 2.05. The molecule has 1 aromatic carbocycles. The molecule has 0 aromatic heterocycles. The third kappa shape index (κ3) is 3.01. The van der Waals surface area contributed by atoms with Crippen molar-refractivity contribution in [1.29, 1.82) is 0 Å². The predicted octanol–water partition coefficient (Wildman–Crippen LogP) is 0.724. The first kappa shape index (κ1) is 13.7. The zero-order chi connectivity index (χ0) is 14.2. The van der Waals surface area contributed by atoms with Gasteiger partial charge in [0.05, 0.1) is 17.5 Å². The molecule has 1 fully saturated rings. The highest BCUT2D eigenvalue weighted by Crippen LogP contribution is 2.14. The summed E-state index contributed by atoms with van der Waals surface area (Å²) < 4.78 is 22.0. The van der Waals surface area contributed by atoms with Gasteiger partial charge in [0, 0.05) is 11.1 Å². The van der Waals surface area contributed by atoms with E-state index in [9.17, 15) is 18.0 Å². The van der Waals surface area contributed by atoms with E-state index < -0.39 is 9.84 Å². The van der Waals surface area contributed by atoms with Gasteiger partial charge in [0.25, 0.3) is 5.91 Å². The summed E-state index contributed by atoms with van der Waals surface area (Å²) >= 11 is 0. The van der Waals surface area contributed by atoms with Gasteiger partial charge < -0.3 is 5.32 Å². The van der Waals surface area contributed by atoms with Crippen LogP contribution in [0.25, 0.3) is 0 Å². The molecule has 1 aliphatic rings. The van der Waals surface area contributed by atoms with Crippen LogP contribution in [0.5, 0.6) is 0 Å². The molecule has 1 amide bonds. The highest BCUT2D eigenvalue weighted by Gasteiger charge is 2.34. The summed E-state index contributed by atoms with van der Waals surface area (Å²) in [6.07, 6.45) is 0. The van der Waals surface area contributed by atoms with Crippen LogP contribution in [-0.2, 0) is 9.84 Å². The topological polar surface area (TPSA) is 80.3 Å². The molecule has 1 saturated heterocycles. The first-order valence-electron chi connectivity index (χ1n) is 5.91. The Bertz CT molecular complexity index is 637. The van der Waals surface area contributed by atoms with Crippen LogP contribution in [0.1, 0.15) is 33.2 Å². The van der Waals surface area contributed by atoms with Gasteiger partial charge in [-0.15, -0.1) is 0 Å². The molecular weight excluding hydrogens is 266 g/mol. The van der Waals surface area contributed by atoms with Crippen LogP contribution in [0.3, 0.4) is 0 Å². The van der Waals surface area contributed by atoms with Crippen LogP contribution in [0, 0.1) is 6.92 Å². The highest BCUT2D eigenvalue weighted by atomic mass is 32.2. The summed E-state index contributed by atoms with van der Waals surface area (Å²) in [4.78, 5) is 23.2. The van der Waals surface area contributed by atoms with E-state index in [1.807, 2.05) is 0 Å². The van der Waals surface area contributed by atoms with Crippen molar-refractivity contribution in [3.05, 3.63) is 34.9 Å². The van der Waals surface area contributed by atoms with Gasteiger partial charge in [0.15, 0.2) is 15.6 Å². The van der Waals surface area contributed by atoms with Crippen LogP contribution in [0.15, 0.2) is 18.2 Å². The fourth-order valence-corrected chi connectivity index (χ4v) is 3.34. The average molecular weight is 281 g/mol. The number of rotatable bonds is 3. The smallest absolute Gasteiger partial charge is 0.251 e. The number of aryl methyl sites for hydroxylation is 1. The third-order valence-corrected chi connectivity index (χ3v) is 4.94. The molecule has 5 nitrogen and oxygen atoms in total. The molecule has 1 N–H and O–H groups in total. The molecule has 0 spiro atoms. The fraction of sp³-hybridized carbons (Fsp3) is 0.385. The normalized spacial score (nSPS) is 17.6. The zero-order valence-corrected chi connectivity index (χ0v) is 11.6. The van der Waals surface area contributed by atoms with Crippen molar-refractivity contribution in [2.45, 2.75) is 19.9 Å². The van der Waals surface area contributed by atoms with Crippen molar-refractivity contribution < 1.29 is 18.0 Å². The Hall–Kier alpha value is -1.69. The van der Waals surface area contributed by atoms with E-state index in [2.05, 4.69) is 5.32 Å². The van der Waals surface area contributed by atoms with E-state index >= 15 is 0 Å². The number of carbonyl (C=O) groups excluding carboxylic acids is 2. The van der Waals surface area contributed by atoms with Gasteiger partial charge in [-0.25, -0.2) is 8.42 Å². The Balaban J connectivity index is 2.10. The van der Waals surface area contributed by atoms with Crippen LogP contribution in [-0.4, -0.2) is 37.7 Å². The Morgan fingerprint density at radius 2 is 1.89 bits per heavy atom. The van der Waals surface area contributed by atoms with Crippen molar-refractivity contribution in [3.8, 4) is 0 Å². The van der Waals surface area contributed by atoms with Gasteiger partial charge in [-0.05, 0) is 31.5 Å². The lowest BCUT2D eigenvalue weighted by Gasteiger charge is -2.26. The van der Waals surface area contributed by atoms with E-state index in [4.69, 9.17) is 0 Å². The summed E-state index contributed by atoms with van der Waals surface area (Å²) in [6.45, 7) is 3.21. The number of Topliss-reactive ketones (excluding diaryl/α,β-unsaturated/α-hetero) is 1. The Morgan fingerprint density at radius 3 is 2.37 bits per heavy atom. The molecule has 0 unspecified atom stereocenters. The van der Waals surface area contributed by atoms with Gasteiger partial charge in [0.1, 0.15) is 0 Å². The number of carbonyl (C=O) groups is 2. The lowest BCUT2D eigenvalue weighted by atomic mass is 10.0. The highest BCUT2D eigenvalue weighted by molar-refractivity contribution is 7.92. The van der Waals surface area contributed by atoms with Gasteiger partial charge in [0.2, 0.25) is 0 Å². The minimum atomic E-state index is -2.95. The second kappa shape index (κ2) is 4.77. The summed E-state index contributed by atoms with van der Waals surface area (Å²) in [5, 5.41) is 2.67. The van der Waals surface area contributed by atoms with Gasteiger partial charge in [-0.3, -0.25) is 9.59 Å². The molecule has 0 aliphatic carbocycles. The minimum Gasteiger partial charge on any atom is -0.347 e. The number of amides is 1. The Morgan fingerprint density at radius 1 is 1.26 bits per heavy atom. The number of ketones is 1. The molecule has 19 heavy (non-hydrogen) atoms. The lowest BCUT2D eigenvalue weighted by Crippen LogP contribution is -2.53. The Labute approximate surface area is 111 Å². The SMILES string of the molecule is CC(=O)c1ccc(C(=O)NC2CS(=O)(=O)C2)c(C)c1. The van der Waals surface area contributed by atoms with Crippen LogP contribution >= 0.6 is 0 Å². The average Bonchev–Trinajstić information content (AvgIpc) is 2.25. The van der Waals surface area contributed by atoms with Gasteiger partial charge in [-0.1, -0.05) is 6.07 Å². The quantitative estimate of drug-likeness (QED) is 0.828. The number of hydrogen-bond acceptors (Lipinski definition) is 4. The number of benzene rings is 1. The van der Waals surface area contributed by atoms with E-state index in [-0.39, 0.29) is 29.2 Å². The zero-order valence-electron chi connectivity index (χ0n) is 10.8. The summed E-state index contributed by atoms with van der Waals surface area (Å²) in [7, 11) is -2.95. The maximum atomic E-state index is 12.0. The summed E-state index contributed by atoms with van der Waals surface area (Å²) in [5.74, 6) is -0.347. The van der Waals surface area contributed by atoms with E-state index in [0.29, 0.717) is 16.7 Å². The third-order valence-electron chi connectivity index (χ3n) is 3.12. The molecule has 0 saturated carbocycles. The summed E-state index contributed by atoms with van der Waals surface area (Å²) in [5.41, 5.74) is 1.72. The lowest BCUT2D eigenvalue weighted by molar-refractivity contribution is 0.0939. The molecule has 2 rings (SSSR count). The second-order valence-corrected chi connectivity index (χ2v) is 6.99. The second-order valence-electron chi connectivity index (χ2n) is 4.83. The van der Waals surface area contributed by atoms with Crippen LogP contribution in [0.2, 0.25) is 0 Å². The van der Waals surface area contributed by atoms with E-state index in [1.54, 1.807) is 25.1 Å². The van der Waals surface area contributed by atoms with Gasteiger partial charge in [-0.2, -0.15) is 0 Å². The monoisotopic (exact) mass is 281 g/mol. The Kier molecular flexibility index (Phi) is 3.45. The molecule has 0 radical (unpaired) electrons. The number of nitrogens with one attached hydrogen (secondary N) is 1. The molecule has 1 aliphatic heterocycles. The maximum Gasteiger partial charge on any atom is 0.251 e. The van der Waals surface area contributed by atoms with E-state index in [0.717, 1.165) is 0 Å². The molecule has 1 aromatic rings. The standard InChI is InChI=1S/C13H15NO4S/c1-8-5-10(9(2)15)3-4-12(8)13(16)14-11-6-19(17,18)7-11/h3-5,11H,6-7H2,1-2H3,(H,14,16). The van der Waals surface area contributed by atoms with Crippen molar-refractivity contribution in [1.82, 2.24) is 5.32 Å². The van der Waals surface area contributed by atoms with Crippen molar-refractivity contribution in [3.63, 3.8) is 0 Å². The first-order chi connectivity index (χ1) is 8.78. The maximum absolute atomic E-state index is 12.0. The molecule has 6 heteroatoms. The van der Waals surface area contributed by atoms with Crippen LogP contribution < -0.4 is 5.32 Å². The van der Waals surface area contributed by atoms with Crippen molar-refractivity contribution in [2.24, 2.45) is 0 Å². The molecule has 102 valence electrons. The molecular formula is C13H15NO4S. The molecule has 0 bridgehead atoms. The van der Waals surface area contributed by atoms with Crippen LogP contribution in [0.4, 0.5) is 0 Å². The predicted molar refractivity (Wildman–Crippen MR) is 71.1 cm³/mol. The summed E-state index contributed by atoms with van der Waals surface area (Å²) in [6, 6.07) is 4.55. The minimum absolute atomic E-state index is 0.00329. The van der Waals surface area contributed by atoms with Gasteiger partial charge >= 0.3 is 0 Å². The van der Waals surface area contributed by atoms with Crippen molar-refractivity contribution >= 4 is 21.5 Å².